The molecule has 0 saturated carbocycles. The molecular formula is C21H26N6. The molecule has 0 unspecified atom stereocenters. The van der Waals surface area contributed by atoms with Gasteiger partial charge in [0, 0.05) is 32.0 Å². The summed E-state index contributed by atoms with van der Waals surface area (Å²) in [4.78, 5) is 10.9. The number of benzene rings is 1. The van der Waals surface area contributed by atoms with E-state index in [1.807, 2.05) is 6.07 Å². The van der Waals surface area contributed by atoms with Gasteiger partial charge in [-0.25, -0.2) is 9.97 Å². The summed E-state index contributed by atoms with van der Waals surface area (Å²) < 4.78 is 2.13. The van der Waals surface area contributed by atoms with Crippen LogP contribution in [0, 0.1) is 0 Å². The molecule has 140 valence electrons. The SMILES string of the molecule is CC(C)c1ccc(CN2CCn3nc(CNc4ncccn4)cc3C2)cc1. The molecule has 6 heteroatoms. The second kappa shape index (κ2) is 7.88. The number of anilines is 1. The van der Waals surface area contributed by atoms with Gasteiger partial charge in [0.05, 0.1) is 24.5 Å². The Morgan fingerprint density at radius 1 is 1.07 bits per heavy atom. The van der Waals surface area contributed by atoms with Gasteiger partial charge in [0.15, 0.2) is 0 Å². The molecule has 0 atom stereocenters. The van der Waals surface area contributed by atoms with Crippen LogP contribution in [-0.4, -0.2) is 31.2 Å². The van der Waals surface area contributed by atoms with Crippen molar-refractivity contribution in [1.29, 1.82) is 0 Å². The van der Waals surface area contributed by atoms with Crippen molar-refractivity contribution in [2.75, 3.05) is 11.9 Å². The fourth-order valence-electron chi connectivity index (χ4n) is 3.43. The van der Waals surface area contributed by atoms with Gasteiger partial charge in [0.2, 0.25) is 5.95 Å². The molecule has 3 aromatic rings. The highest BCUT2D eigenvalue weighted by molar-refractivity contribution is 5.26. The van der Waals surface area contributed by atoms with Crippen LogP contribution in [0.15, 0.2) is 48.8 Å². The van der Waals surface area contributed by atoms with Gasteiger partial charge in [-0.1, -0.05) is 38.1 Å². The van der Waals surface area contributed by atoms with Crippen molar-refractivity contribution in [3.05, 3.63) is 71.3 Å². The zero-order valence-corrected chi connectivity index (χ0v) is 16.0. The highest BCUT2D eigenvalue weighted by Crippen LogP contribution is 2.19. The molecular weight excluding hydrogens is 336 g/mol. The van der Waals surface area contributed by atoms with E-state index < -0.39 is 0 Å². The minimum Gasteiger partial charge on any atom is -0.348 e. The van der Waals surface area contributed by atoms with Crippen molar-refractivity contribution in [2.45, 2.75) is 45.9 Å². The number of hydrogen-bond donors (Lipinski definition) is 1. The molecule has 0 amide bonds. The Hall–Kier alpha value is -2.73. The van der Waals surface area contributed by atoms with Gasteiger partial charge in [0.25, 0.3) is 0 Å². The van der Waals surface area contributed by atoms with Crippen LogP contribution in [0.4, 0.5) is 5.95 Å². The third kappa shape index (κ3) is 4.34. The molecule has 3 heterocycles. The number of hydrogen-bond acceptors (Lipinski definition) is 5. The smallest absolute Gasteiger partial charge is 0.222 e. The molecule has 0 aliphatic carbocycles. The van der Waals surface area contributed by atoms with Crippen molar-refractivity contribution in [2.24, 2.45) is 0 Å². The lowest BCUT2D eigenvalue weighted by Crippen LogP contribution is -2.33. The quantitative estimate of drug-likeness (QED) is 0.728. The largest absolute Gasteiger partial charge is 0.348 e. The summed E-state index contributed by atoms with van der Waals surface area (Å²) in [6, 6.07) is 13.0. The third-order valence-corrected chi connectivity index (χ3v) is 4.97. The molecule has 4 rings (SSSR count). The van der Waals surface area contributed by atoms with Crippen LogP contribution in [0.5, 0.6) is 0 Å². The molecule has 1 N–H and O–H groups in total. The van der Waals surface area contributed by atoms with E-state index in [2.05, 4.69) is 69.0 Å². The molecule has 1 aromatic carbocycles. The fourth-order valence-corrected chi connectivity index (χ4v) is 3.43. The molecule has 0 fully saturated rings. The van der Waals surface area contributed by atoms with Gasteiger partial charge < -0.3 is 5.32 Å². The van der Waals surface area contributed by atoms with Crippen LogP contribution in [0.1, 0.15) is 42.3 Å². The van der Waals surface area contributed by atoms with Crippen LogP contribution in [0.25, 0.3) is 0 Å². The highest BCUT2D eigenvalue weighted by Gasteiger charge is 2.18. The van der Waals surface area contributed by atoms with Crippen LogP contribution in [0.2, 0.25) is 0 Å². The average molecular weight is 362 g/mol. The summed E-state index contributed by atoms with van der Waals surface area (Å²) in [5.41, 5.74) is 5.07. The fraction of sp³-hybridized carbons (Fsp3) is 0.381. The van der Waals surface area contributed by atoms with E-state index >= 15 is 0 Å². The first-order chi connectivity index (χ1) is 13.2. The van der Waals surface area contributed by atoms with Crippen LogP contribution < -0.4 is 5.32 Å². The normalized spacial score (nSPS) is 14.3. The van der Waals surface area contributed by atoms with Crippen molar-refractivity contribution in [3.63, 3.8) is 0 Å². The molecule has 2 aromatic heterocycles. The van der Waals surface area contributed by atoms with E-state index in [-0.39, 0.29) is 0 Å². The number of nitrogens with one attached hydrogen (secondary N) is 1. The first-order valence-electron chi connectivity index (χ1n) is 9.55. The zero-order chi connectivity index (χ0) is 18.6. The Balaban J connectivity index is 1.36. The maximum absolute atomic E-state index is 4.71. The summed E-state index contributed by atoms with van der Waals surface area (Å²) >= 11 is 0. The first-order valence-corrected chi connectivity index (χ1v) is 9.55. The Morgan fingerprint density at radius 2 is 1.85 bits per heavy atom. The minimum atomic E-state index is 0.580. The second-order valence-corrected chi connectivity index (χ2v) is 7.38. The maximum atomic E-state index is 4.71. The Bertz CT molecular complexity index is 869. The predicted molar refractivity (Wildman–Crippen MR) is 106 cm³/mol. The topological polar surface area (TPSA) is 58.9 Å². The summed E-state index contributed by atoms with van der Waals surface area (Å²) in [5, 5.41) is 7.93. The van der Waals surface area contributed by atoms with E-state index in [9.17, 15) is 0 Å². The number of rotatable bonds is 6. The Kier molecular flexibility index (Phi) is 5.16. The Labute approximate surface area is 160 Å². The third-order valence-electron chi connectivity index (χ3n) is 4.97. The highest BCUT2D eigenvalue weighted by atomic mass is 15.3. The summed E-state index contributed by atoms with van der Waals surface area (Å²) in [6.07, 6.45) is 3.47. The van der Waals surface area contributed by atoms with Crippen LogP contribution in [0.3, 0.4) is 0 Å². The molecule has 1 aliphatic rings. The second-order valence-electron chi connectivity index (χ2n) is 7.38. The minimum absolute atomic E-state index is 0.580. The average Bonchev–Trinajstić information content (AvgIpc) is 3.10. The maximum Gasteiger partial charge on any atom is 0.222 e. The number of nitrogens with zero attached hydrogens (tertiary/aromatic N) is 5. The lowest BCUT2D eigenvalue weighted by atomic mass is 10.0. The first kappa shape index (κ1) is 17.7. The molecule has 0 saturated heterocycles. The van der Waals surface area contributed by atoms with Gasteiger partial charge in [-0.05, 0) is 29.2 Å². The molecule has 0 bridgehead atoms. The van der Waals surface area contributed by atoms with E-state index in [4.69, 9.17) is 5.10 Å². The van der Waals surface area contributed by atoms with Crippen LogP contribution in [-0.2, 0) is 26.2 Å². The monoisotopic (exact) mass is 362 g/mol. The lowest BCUT2D eigenvalue weighted by Gasteiger charge is -2.27. The summed E-state index contributed by atoms with van der Waals surface area (Å²) in [5.74, 6) is 1.21. The molecule has 27 heavy (non-hydrogen) atoms. The van der Waals surface area contributed by atoms with Gasteiger partial charge in [0.1, 0.15) is 0 Å². The standard InChI is InChI=1S/C21H26N6/c1-16(2)18-6-4-17(5-7-18)14-26-10-11-27-20(15-26)12-19(25-27)13-24-21-22-8-3-9-23-21/h3-9,12,16H,10-11,13-15H2,1-2H3,(H,22,23,24). The van der Waals surface area contributed by atoms with Crippen molar-refractivity contribution in [3.8, 4) is 0 Å². The lowest BCUT2D eigenvalue weighted by molar-refractivity contribution is 0.205. The predicted octanol–water partition coefficient (Wildman–Crippen LogP) is 3.42. The summed E-state index contributed by atoms with van der Waals surface area (Å²) in [7, 11) is 0. The van der Waals surface area contributed by atoms with E-state index in [0.717, 1.165) is 31.9 Å². The van der Waals surface area contributed by atoms with Crippen molar-refractivity contribution >= 4 is 5.95 Å². The van der Waals surface area contributed by atoms with Crippen LogP contribution >= 0.6 is 0 Å². The van der Waals surface area contributed by atoms with Crippen molar-refractivity contribution < 1.29 is 0 Å². The van der Waals surface area contributed by atoms with Gasteiger partial charge >= 0.3 is 0 Å². The van der Waals surface area contributed by atoms with Crippen molar-refractivity contribution in [1.82, 2.24) is 24.6 Å². The number of aromatic nitrogens is 4. The Morgan fingerprint density at radius 3 is 2.59 bits per heavy atom. The van der Waals surface area contributed by atoms with E-state index in [0.29, 0.717) is 18.4 Å². The zero-order valence-electron chi connectivity index (χ0n) is 16.0. The van der Waals surface area contributed by atoms with Gasteiger partial charge in [-0.2, -0.15) is 5.10 Å². The van der Waals surface area contributed by atoms with E-state index in [1.54, 1.807) is 12.4 Å². The van der Waals surface area contributed by atoms with E-state index in [1.165, 1.54) is 16.8 Å². The number of fused-ring (bicyclic) bond motifs is 1. The van der Waals surface area contributed by atoms with Gasteiger partial charge in [-0.15, -0.1) is 0 Å². The van der Waals surface area contributed by atoms with Gasteiger partial charge in [-0.3, -0.25) is 9.58 Å². The molecule has 6 nitrogen and oxygen atoms in total. The molecule has 0 radical (unpaired) electrons. The molecule has 1 aliphatic heterocycles. The molecule has 0 spiro atoms. The summed E-state index contributed by atoms with van der Waals surface area (Å²) in [6.45, 7) is 8.97.